The van der Waals surface area contributed by atoms with Gasteiger partial charge >= 0.3 is 0 Å². The van der Waals surface area contributed by atoms with Crippen LogP contribution in [0.15, 0.2) is 0 Å². The molecule has 0 fully saturated rings. The molecule has 0 bridgehead atoms. The SMILES string of the molecule is C[C@H](c1nc(Cl)c2c(n1)CCC(C)(C)C2)N(C)C. The van der Waals surface area contributed by atoms with E-state index in [1.807, 2.05) is 14.1 Å². The summed E-state index contributed by atoms with van der Waals surface area (Å²) in [5.41, 5.74) is 2.62. The van der Waals surface area contributed by atoms with Crippen molar-refractivity contribution in [3.63, 3.8) is 0 Å². The molecule has 100 valence electrons. The van der Waals surface area contributed by atoms with Gasteiger partial charge in [-0.1, -0.05) is 25.4 Å². The Kier molecular flexibility index (Phi) is 3.65. The van der Waals surface area contributed by atoms with Gasteiger partial charge < -0.3 is 0 Å². The zero-order valence-electron chi connectivity index (χ0n) is 11.9. The molecule has 0 aromatic carbocycles. The number of rotatable bonds is 2. The minimum absolute atomic E-state index is 0.197. The minimum atomic E-state index is 0.197. The van der Waals surface area contributed by atoms with Crippen LogP contribution in [0, 0.1) is 5.41 Å². The number of hydrogen-bond donors (Lipinski definition) is 0. The van der Waals surface area contributed by atoms with E-state index in [2.05, 4.69) is 30.7 Å². The van der Waals surface area contributed by atoms with Crippen molar-refractivity contribution in [3.8, 4) is 0 Å². The molecular formula is C14H22ClN3. The number of aryl methyl sites for hydroxylation is 1. The Labute approximate surface area is 115 Å². The van der Waals surface area contributed by atoms with Gasteiger partial charge in [0.05, 0.1) is 6.04 Å². The maximum absolute atomic E-state index is 6.35. The Morgan fingerprint density at radius 1 is 1.28 bits per heavy atom. The maximum Gasteiger partial charge on any atom is 0.147 e. The number of nitrogens with zero attached hydrogens (tertiary/aromatic N) is 3. The van der Waals surface area contributed by atoms with Crippen LogP contribution >= 0.6 is 11.6 Å². The fourth-order valence-corrected chi connectivity index (χ4v) is 2.60. The molecule has 1 aromatic rings. The monoisotopic (exact) mass is 267 g/mol. The van der Waals surface area contributed by atoms with Crippen molar-refractivity contribution in [3.05, 3.63) is 22.2 Å². The van der Waals surface area contributed by atoms with Crippen molar-refractivity contribution in [2.75, 3.05) is 14.1 Å². The Balaban J connectivity index is 2.39. The highest BCUT2D eigenvalue weighted by Crippen LogP contribution is 2.37. The van der Waals surface area contributed by atoms with Crippen molar-refractivity contribution < 1.29 is 0 Å². The predicted octanol–water partition coefficient (Wildman–Crippen LogP) is 3.27. The van der Waals surface area contributed by atoms with Gasteiger partial charge in [-0.05, 0) is 45.7 Å². The summed E-state index contributed by atoms with van der Waals surface area (Å²) in [6, 6.07) is 0.197. The molecule has 1 aliphatic rings. The third kappa shape index (κ3) is 2.67. The van der Waals surface area contributed by atoms with E-state index in [0.717, 1.165) is 29.9 Å². The second kappa shape index (κ2) is 4.78. The Morgan fingerprint density at radius 2 is 1.94 bits per heavy atom. The molecule has 0 aliphatic heterocycles. The van der Waals surface area contributed by atoms with Gasteiger partial charge in [0.2, 0.25) is 0 Å². The van der Waals surface area contributed by atoms with Crippen LogP contribution in [0.4, 0.5) is 0 Å². The predicted molar refractivity (Wildman–Crippen MR) is 75.0 cm³/mol. The largest absolute Gasteiger partial charge is 0.300 e. The number of hydrogen-bond acceptors (Lipinski definition) is 3. The highest BCUT2D eigenvalue weighted by Gasteiger charge is 2.29. The van der Waals surface area contributed by atoms with Crippen LogP contribution in [0.5, 0.6) is 0 Å². The summed E-state index contributed by atoms with van der Waals surface area (Å²) in [4.78, 5) is 11.3. The van der Waals surface area contributed by atoms with Crippen LogP contribution in [0.1, 0.15) is 50.3 Å². The van der Waals surface area contributed by atoms with Crippen LogP contribution in [-0.2, 0) is 12.8 Å². The van der Waals surface area contributed by atoms with Gasteiger partial charge in [-0.2, -0.15) is 0 Å². The van der Waals surface area contributed by atoms with E-state index in [1.54, 1.807) is 0 Å². The highest BCUT2D eigenvalue weighted by molar-refractivity contribution is 6.30. The maximum atomic E-state index is 6.35. The first-order chi connectivity index (χ1) is 8.30. The smallest absolute Gasteiger partial charge is 0.147 e. The zero-order chi connectivity index (χ0) is 13.5. The molecule has 0 unspecified atom stereocenters. The van der Waals surface area contributed by atoms with E-state index >= 15 is 0 Å². The molecule has 3 nitrogen and oxygen atoms in total. The average Bonchev–Trinajstić information content (AvgIpc) is 2.28. The van der Waals surface area contributed by atoms with Crippen LogP contribution in [0.2, 0.25) is 5.15 Å². The fraction of sp³-hybridized carbons (Fsp3) is 0.714. The van der Waals surface area contributed by atoms with E-state index in [-0.39, 0.29) is 6.04 Å². The lowest BCUT2D eigenvalue weighted by atomic mass is 9.76. The first-order valence-corrected chi connectivity index (χ1v) is 6.89. The summed E-state index contributed by atoms with van der Waals surface area (Å²) >= 11 is 6.35. The Morgan fingerprint density at radius 3 is 2.56 bits per heavy atom. The van der Waals surface area contributed by atoms with E-state index in [4.69, 9.17) is 16.6 Å². The van der Waals surface area contributed by atoms with Crippen LogP contribution in [-0.4, -0.2) is 29.0 Å². The topological polar surface area (TPSA) is 29.0 Å². The van der Waals surface area contributed by atoms with E-state index < -0.39 is 0 Å². The molecule has 1 aliphatic carbocycles. The van der Waals surface area contributed by atoms with Gasteiger partial charge in [-0.25, -0.2) is 9.97 Å². The lowest BCUT2D eigenvalue weighted by Crippen LogP contribution is -2.26. The number of aromatic nitrogens is 2. The van der Waals surface area contributed by atoms with Crippen molar-refractivity contribution in [2.45, 2.75) is 46.1 Å². The second-order valence-electron chi connectivity index (χ2n) is 6.28. The summed E-state index contributed by atoms with van der Waals surface area (Å²) in [6.45, 7) is 6.66. The first-order valence-electron chi connectivity index (χ1n) is 6.52. The lowest BCUT2D eigenvalue weighted by molar-refractivity contribution is 0.297. The minimum Gasteiger partial charge on any atom is -0.300 e. The molecule has 1 heterocycles. The van der Waals surface area contributed by atoms with E-state index in [0.29, 0.717) is 10.6 Å². The first kappa shape index (κ1) is 13.8. The molecule has 4 heteroatoms. The molecule has 0 N–H and O–H groups in total. The summed E-state index contributed by atoms with van der Waals surface area (Å²) in [5.74, 6) is 0.837. The van der Waals surface area contributed by atoms with E-state index in [9.17, 15) is 0 Å². The zero-order valence-corrected chi connectivity index (χ0v) is 12.7. The van der Waals surface area contributed by atoms with Crippen molar-refractivity contribution >= 4 is 11.6 Å². The Bertz CT molecular complexity index is 455. The van der Waals surface area contributed by atoms with Crippen molar-refractivity contribution in [1.29, 1.82) is 0 Å². The standard InChI is InChI=1S/C14H22ClN3/c1-9(18(4)5)13-16-11-6-7-14(2,3)8-10(11)12(15)17-13/h9H,6-8H2,1-5H3/t9-/m1/s1. The van der Waals surface area contributed by atoms with Gasteiger partial charge in [0.15, 0.2) is 0 Å². The number of halogens is 1. The molecule has 1 atom stereocenters. The quantitative estimate of drug-likeness (QED) is 0.770. The average molecular weight is 268 g/mol. The molecule has 0 radical (unpaired) electrons. The molecule has 18 heavy (non-hydrogen) atoms. The molecule has 1 aromatic heterocycles. The molecular weight excluding hydrogens is 246 g/mol. The lowest BCUT2D eigenvalue weighted by Gasteiger charge is -2.31. The van der Waals surface area contributed by atoms with Gasteiger partial charge in [-0.15, -0.1) is 0 Å². The summed E-state index contributed by atoms with van der Waals surface area (Å²) in [5, 5.41) is 0.650. The molecule has 0 amide bonds. The van der Waals surface area contributed by atoms with Crippen LogP contribution in [0.25, 0.3) is 0 Å². The molecule has 0 spiro atoms. The summed E-state index contributed by atoms with van der Waals surface area (Å²) < 4.78 is 0. The summed E-state index contributed by atoms with van der Waals surface area (Å²) in [7, 11) is 4.06. The normalized spacial score (nSPS) is 19.7. The van der Waals surface area contributed by atoms with Crippen LogP contribution in [0.3, 0.4) is 0 Å². The van der Waals surface area contributed by atoms with E-state index in [1.165, 1.54) is 6.42 Å². The molecule has 2 rings (SSSR count). The van der Waals surface area contributed by atoms with Gasteiger partial charge in [0.25, 0.3) is 0 Å². The third-order valence-electron chi connectivity index (χ3n) is 3.90. The third-order valence-corrected chi connectivity index (χ3v) is 4.21. The van der Waals surface area contributed by atoms with Crippen molar-refractivity contribution in [2.24, 2.45) is 5.41 Å². The van der Waals surface area contributed by atoms with Crippen molar-refractivity contribution in [1.82, 2.24) is 14.9 Å². The van der Waals surface area contributed by atoms with Gasteiger partial charge in [0.1, 0.15) is 11.0 Å². The molecule has 0 saturated carbocycles. The summed E-state index contributed by atoms with van der Waals surface area (Å²) in [6.07, 6.45) is 3.17. The van der Waals surface area contributed by atoms with Gasteiger partial charge in [-0.3, -0.25) is 4.90 Å². The highest BCUT2D eigenvalue weighted by atomic mass is 35.5. The Hall–Kier alpha value is -0.670. The van der Waals surface area contributed by atoms with Gasteiger partial charge in [0, 0.05) is 11.3 Å². The molecule has 0 saturated heterocycles. The van der Waals surface area contributed by atoms with Crippen LogP contribution < -0.4 is 0 Å². The fourth-order valence-electron chi connectivity index (χ4n) is 2.34. The number of fused-ring (bicyclic) bond motifs is 1. The second-order valence-corrected chi connectivity index (χ2v) is 6.64.